The van der Waals surface area contributed by atoms with Crippen LogP contribution in [-0.2, 0) is 36.9 Å². The lowest BCUT2D eigenvalue weighted by atomic mass is 9.94. The van der Waals surface area contributed by atoms with Crippen molar-refractivity contribution in [3.05, 3.63) is 29.3 Å². The second-order valence-electron chi connectivity index (χ2n) is 8.48. The quantitative estimate of drug-likeness (QED) is 0.333. The molecule has 1 aliphatic rings. The molecule has 10 heteroatoms. The van der Waals surface area contributed by atoms with E-state index in [1.807, 2.05) is 12.1 Å². The fourth-order valence-electron chi connectivity index (χ4n) is 3.51. The molecule has 2 rings (SSSR count). The van der Waals surface area contributed by atoms with Crippen molar-refractivity contribution in [1.29, 1.82) is 0 Å². The lowest BCUT2D eigenvalue weighted by Crippen LogP contribution is -2.41. The number of carboxylic acid groups (broad SMARTS) is 1. The van der Waals surface area contributed by atoms with Crippen LogP contribution in [0.3, 0.4) is 0 Å². The highest BCUT2D eigenvalue weighted by atomic mass is 32.1. The summed E-state index contributed by atoms with van der Waals surface area (Å²) in [6.45, 7) is 7.82. The third-order valence-electron chi connectivity index (χ3n) is 5.26. The van der Waals surface area contributed by atoms with E-state index >= 15 is 0 Å². The monoisotopic (exact) mass is 510 g/mol. The topological polar surface area (TPSA) is 134 Å². The van der Waals surface area contributed by atoms with Gasteiger partial charge in [0, 0.05) is 18.5 Å². The summed E-state index contributed by atoms with van der Waals surface area (Å²) in [6, 6.07) is 4.67. The largest absolute Gasteiger partial charge is 0.485 e. The predicted molar refractivity (Wildman–Crippen MR) is 137 cm³/mol. The van der Waals surface area contributed by atoms with Crippen LogP contribution in [0, 0.1) is 0 Å². The zero-order valence-electron chi connectivity index (χ0n) is 20.9. The number of carbonyl (C=O) groups excluding carboxylic acids is 2. The van der Waals surface area contributed by atoms with Gasteiger partial charge in [-0.25, -0.2) is 4.79 Å². The van der Waals surface area contributed by atoms with Crippen LogP contribution in [0.25, 0.3) is 0 Å². The van der Waals surface area contributed by atoms with Gasteiger partial charge in [0.25, 0.3) is 0 Å². The molecular formula is C25H38N2O7S. The number of benzene rings is 1. The van der Waals surface area contributed by atoms with Crippen molar-refractivity contribution in [3.8, 4) is 0 Å². The van der Waals surface area contributed by atoms with Gasteiger partial charge in [0.2, 0.25) is 11.8 Å². The summed E-state index contributed by atoms with van der Waals surface area (Å²) in [5.74, 6) is -1.64. The number of hydrogen-bond acceptors (Lipinski definition) is 7. The molecule has 1 aromatic carbocycles. The first-order chi connectivity index (χ1) is 16.6. The summed E-state index contributed by atoms with van der Waals surface area (Å²) in [4.78, 5) is 35.2. The number of thiocarbonyl (C=S) groups is 1. The average molecular weight is 511 g/mol. The van der Waals surface area contributed by atoms with Crippen molar-refractivity contribution in [2.75, 3.05) is 5.32 Å². The van der Waals surface area contributed by atoms with Gasteiger partial charge in [-0.1, -0.05) is 33.3 Å². The Morgan fingerprint density at radius 3 is 2.51 bits per heavy atom. The van der Waals surface area contributed by atoms with E-state index < -0.39 is 30.3 Å². The molecule has 9 nitrogen and oxygen atoms in total. The molecule has 2 amide bonds. The van der Waals surface area contributed by atoms with E-state index in [0.29, 0.717) is 24.9 Å². The summed E-state index contributed by atoms with van der Waals surface area (Å²) in [7, 11) is 0. The maximum Gasteiger partial charge on any atom is 0.332 e. The molecule has 0 aromatic heterocycles. The SMILES string of the molecule is CCC.CCC(=O)NC(C)C(=O)Nc1ccc(COC=S)c(CCC2CC(O)CC(C(=O)O)O2)c1. The summed E-state index contributed by atoms with van der Waals surface area (Å²) in [6.07, 6.45) is 0.842. The Hall–Kier alpha value is -2.56. The number of ether oxygens (including phenoxy) is 2. The van der Waals surface area contributed by atoms with E-state index in [0.717, 1.165) is 11.1 Å². The first-order valence-corrected chi connectivity index (χ1v) is 12.5. The highest BCUT2D eigenvalue weighted by molar-refractivity contribution is 7.78. The first kappa shape index (κ1) is 30.5. The number of amides is 2. The predicted octanol–water partition coefficient (Wildman–Crippen LogP) is 3.36. The minimum absolute atomic E-state index is 0.0772. The Kier molecular flexibility index (Phi) is 14.1. The number of aliphatic hydroxyl groups excluding tert-OH is 1. The Morgan fingerprint density at radius 2 is 1.91 bits per heavy atom. The van der Waals surface area contributed by atoms with Gasteiger partial charge >= 0.3 is 5.97 Å². The van der Waals surface area contributed by atoms with Crippen LogP contribution in [0.4, 0.5) is 5.69 Å². The fraction of sp³-hybridized carbons (Fsp3) is 0.600. The van der Waals surface area contributed by atoms with Crippen LogP contribution in [0.5, 0.6) is 0 Å². The highest BCUT2D eigenvalue weighted by Crippen LogP contribution is 2.25. The molecule has 196 valence electrons. The normalized spacial score (nSPS) is 20.0. The molecule has 1 aliphatic heterocycles. The number of hydrogen-bond donors (Lipinski definition) is 4. The van der Waals surface area contributed by atoms with E-state index in [-0.39, 0.29) is 31.3 Å². The van der Waals surface area contributed by atoms with Crippen LogP contribution < -0.4 is 10.6 Å². The van der Waals surface area contributed by atoms with Crippen molar-refractivity contribution in [2.24, 2.45) is 0 Å². The van der Waals surface area contributed by atoms with Gasteiger partial charge in [-0.05, 0) is 61.7 Å². The molecule has 4 N–H and O–H groups in total. The summed E-state index contributed by atoms with van der Waals surface area (Å²) < 4.78 is 10.9. The number of nitrogens with one attached hydrogen (secondary N) is 2. The van der Waals surface area contributed by atoms with Gasteiger partial charge in [0.15, 0.2) is 6.10 Å². The molecular weight excluding hydrogens is 472 g/mol. The molecule has 0 bridgehead atoms. The van der Waals surface area contributed by atoms with Crippen LogP contribution in [0.1, 0.15) is 70.9 Å². The molecule has 0 radical (unpaired) electrons. The Morgan fingerprint density at radius 1 is 1.23 bits per heavy atom. The maximum atomic E-state index is 12.4. The van der Waals surface area contributed by atoms with E-state index in [1.54, 1.807) is 19.9 Å². The Bertz CT molecular complexity index is 849. The fourth-order valence-corrected chi connectivity index (χ4v) is 3.58. The van der Waals surface area contributed by atoms with Crippen molar-refractivity contribution >= 4 is 41.2 Å². The van der Waals surface area contributed by atoms with Crippen LogP contribution >= 0.6 is 12.2 Å². The highest BCUT2D eigenvalue weighted by Gasteiger charge is 2.32. The lowest BCUT2D eigenvalue weighted by molar-refractivity contribution is -0.166. The van der Waals surface area contributed by atoms with E-state index in [2.05, 4.69) is 24.5 Å². The van der Waals surface area contributed by atoms with Crippen molar-refractivity contribution in [3.63, 3.8) is 0 Å². The number of rotatable bonds is 11. The molecule has 1 saturated heterocycles. The number of carboxylic acids is 1. The third kappa shape index (κ3) is 11.1. The second kappa shape index (κ2) is 16.2. The standard InChI is InChI=1S/C22H30N2O7S.C3H8/c1-3-20(26)23-13(2)21(27)24-16-6-4-15(11-30-12-32)14(8-16)5-7-18-9-17(25)10-19(31-18)22(28)29;1-3-2/h4,6,8,12-13,17-19,25H,3,5,7,9-11H2,1-2H3,(H,23,26)(H,24,27)(H,28,29);3H2,1-2H3. The van der Waals surface area contributed by atoms with Gasteiger partial charge in [-0.15, -0.1) is 0 Å². The van der Waals surface area contributed by atoms with Gasteiger partial charge in [-0.2, -0.15) is 0 Å². The smallest absolute Gasteiger partial charge is 0.332 e. The minimum atomic E-state index is -1.09. The molecule has 0 spiro atoms. The van der Waals surface area contributed by atoms with Gasteiger partial charge in [0.1, 0.15) is 18.2 Å². The third-order valence-corrected chi connectivity index (χ3v) is 5.40. The van der Waals surface area contributed by atoms with Crippen LogP contribution in [0.2, 0.25) is 0 Å². The van der Waals surface area contributed by atoms with Gasteiger partial charge in [-0.3, -0.25) is 9.59 Å². The number of aliphatic carboxylic acids is 1. The van der Waals surface area contributed by atoms with Crippen molar-refractivity contribution in [2.45, 2.75) is 97.2 Å². The van der Waals surface area contributed by atoms with Crippen molar-refractivity contribution < 1.29 is 34.1 Å². The summed E-state index contributed by atoms with van der Waals surface area (Å²) in [5, 5.41) is 24.6. The van der Waals surface area contributed by atoms with Crippen LogP contribution in [0.15, 0.2) is 18.2 Å². The van der Waals surface area contributed by atoms with Gasteiger partial charge in [0.05, 0.1) is 12.2 Å². The van der Waals surface area contributed by atoms with E-state index in [4.69, 9.17) is 21.7 Å². The zero-order chi connectivity index (χ0) is 26.4. The van der Waals surface area contributed by atoms with E-state index in [9.17, 15) is 24.6 Å². The molecule has 4 atom stereocenters. The van der Waals surface area contributed by atoms with Crippen LogP contribution in [-0.4, -0.2) is 57.9 Å². The van der Waals surface area contributed by atoms with Gasteiger partial charge < -0.3 is 30.3 Å². The number of aryl methyl sites for hydroxylation is 1. The minimum Gasteiger partial charge on any atom is -0.485 e. The molecule has 1 fully saturated rings. The molecule has 0 saturated carbocycles. The summed E-state index contributed by atoms with van der Waals surface area (Å²) in [5.41, 5.74) is 3.47. The molecule has 1 aromatic rings. The first-order valence-electron chi connectivity index (χ1n) is 12.0. The molecule has 0 aliphatic carbocycles. The zero-order valence-corrected chi connectivity index (χ0v) is 21.7. The Balaban J connectivity index is 0.00000194. The second-order valence-corrected chi connectivity index (χ2v) is 8.67. The maximum absolute atomic E-state index is 12.4. The number of anilines is 1. The molecule has 35 heavy (non-hydrogen) atoms. The average Bonchev–Trinajstić information content (AvgIpc) is 2.82. The number of aliphatic hydroxyl groups is 1. The lowest BCUT2D eigenvalue weighted by Gasteiger charge is -2.31. The molecule has 1 heterocycles. The van der Waals surface area contributed by atoms with Crippen molar-refractivity contribution in [1.82, 2.24) is 5.32 Å². The molecule has 4 unspecified atom stereocenters. The summed E-state index contributed by atoms with van der Waals surface area (Å²) >= 11 is 4.73. The van der Waals surface area contributed by atoms with E-state index in [1.165, 1.54) is 12.0 Å². The number of carbonyl (C=O) groups is 3. The Labute approximate surface area is 212 Å².